The van der Waals surface area contributed by atoms with Crippen LogP contribution >= 0.6 is 23.2 Å². The first kappa shape index (κ1) is 20.4. The van der Waals surface area contributed by atoms with Crippen LogP contribution in [0.5, 0.6) is 17.2 Å². The van der Waals surface area contributed by atoms with Gasteiger partial charge in [0.15, 0.2) is 17.2 Å². The summed E-state index contributed by atoms with van der Waals surface area (Å²) in [5, 5.41) is 0.962. The molecular weight excluding hydrogens is 375 g/mol. The normalized spacial score (nSPS) is 10.9. The molecule has 0 spiro atoms. The lowest BCUT2D eigenvalue weighted by Crippen LogP contribution is -2.12. The second-order valence-corrected chi connectivity index (χ2v) is 6.08. The monoisotopic (exact) mass is 396 g/mol. The van der Waals surface area contributed by atoms with E-state index >= 15 is 0 Å². The van der Waals surface area contributed by atoms with Gasteiger partial charge in [0, 0.05) is 0 Å². The lowest BCUT2D eigenvalue weighted by atomic mass is 10.2. The van der Waals surface area contributed by atoms with E-state index in [4.69, 9.17) is 42.1 Å². The standard InChI is InChI=1S/C20H22Cl2O4/c1-3-5-15-8-9-18(19(14-15)23-2)25-12-10-24-11-13-26-20-16(21)6-4-7-17(20)22/h3-9,14H,10-13H2,1-2H3. The van der Waals surface area contributed by atoms with Crippen molar-refractivity contribution in [3.05, 3.63) is 58.1 Å². The van der Waals surface area contributed by atoms with Gasteiger partial charge in [0.25, 0.3) is 0 Å². The first-order chi connectivity index (χ1) is 12.7. The molecule has 2 aromatic carbocycles. The highest BCUT2D eigenvalue weighted by atomic mass is 35.5. The van der Waals surface area contributed by atoms with Gasteiger partial charge in [0.2, 0.25) is 0 Å². The molecule has 4 nitrogen and oxygen atoms in total. The summed E-state index contributed by atoms with van der Waals surface area (Å²) in [5.41, 5.74) is 1.06. The van der Waals surface area contributed by atoms with Crippen LogP contribution in [0.25, 0.3) is 6.08 Å². The van der Waals surface area contributed by atoms with Gasteiger partial charge < -0.3 is 18.9 Å². The summed E-state index contributed by atoms with van der Waals surface area (Å²) in [6.45, 7) is 3.57. The fourth-order valence-corrected chi connectivity index (χ4v) is 2.74. The summed E-state index contributed by atoms with van der Waals surface area (Å²) in [5.74, 6) is 1.85. The van der Waals surface area contributed by atoms with Crippen LogP contribution in [0.1, 0.15) is 12.5 Å². The number of hydrogen-bond acceptors (Lipinski definition) is 4. The molecule has 0 saturated carbocycles. The first-order valence-corrected chi connectivity index (χ1v) is 8.99. The van der Waals surface area contributed by atoms with Crippen LogP contribution in [0, 0.1) is 0 Å². The molecule has 0 aliphatic carbocycles. The first-order valence-electron chi connectivity index (χ1n) is 8.23. The van der Waals surface area contributed by atoms with E-state index in [2.05, 4.69) is 0 Å². The van der Waals surface area contributed by atoms with Gasteiger partial charge in [-0.3, -0.25) is 0 Å². The average Bonchev–Trinajstić information content (AvgIpc) is 2.64. The molecule has 0 heterocycles. The molecule has 0 atom stereocenters. The molecule has 0 aliphatic heterocycles. The number of allylic oxidation sites excluding steroid dienone is 1. The Morgan fingerprint density at radius 1 is 0.885 bits per heavy atom. The van der Waals surface area contributed by atoms with Crippen molar-refractivity contribution in [2.45, 2.75) is 6.92 Å². The van der Waals surface area contributed by atoms with Crippen molar-refractivity contribution in [1.82, 2.24) is 0 Å². The van der Waals surface area contributed by atoms with Crippen LogP contribution in [0.2, 0.25) is 10.0 Å². The Morgan fingerprint density at radius 3 is 2.23 bits per heavy atom. The minimum atomic E-state index is 0.352. The molecule has 0 bridgehead atoms. The summed E-state index contributed by atoms with van der Waals surface area (Å²) in [6, 6.07) is 11.0. The van der Waals surface area contributed by atoms with Gasteiger partial charge in [-0.05, 0) is 36.8 Å². The number of ether oxygens (including phenoxy) is 4. The third-order valence-corrected chi connectivity index (χ3v) is 4.02. The molecule has 140 valence electrons. The Bertz CT molecular complexity index is 711. The molecule has 0 aromatic heterocycles. The van der Waals surface area contributed by atoms with Crippen LogP contribution in [0.15, 0.2) is 42.5 Å². The smallest absolute Gasteiger partial charge is 0.161 e. The molecule has 2 aromatic rings. The Hall–Kier alpha value is -1.88. The van der Waals surface area contributed by atoms with Gasteiger partial charge in [-0.2, -0.15) is 0 Å². The highest BCUT2D eigenvalue weighted by Crippen LogP contribution is 2.32. The summed E-state index contributed by atoms with van der Waals surface area (Å²) >= 11 is 12.1. The minimum absolute atomic E-state index is 0.352. The molecule has 0 aliphatic rings. The maximum atomic E-state index is 6.03. The third kappa shape index (κ3) is 6.13. The van der Waals surface area contributed by atoms with E-state index in [1.165, 1.54) is 0 Å². The van der Waals surface area contributed by atoms with E-state index in [-0.39, 0.29) is 0 Å². The molecule has 2 rings (SSSR count). The predicted octanol–water partition coefficient (Wildman–Crippen LogP) is 5.51. The van der Waals surface area contributed by atoms with E-state index in [1.807, 2.05) is 37.3 Å². The summed E-state index contributed by atoms with van der Waals surface area (Å²) in [6.07, 6.45) is 3.97. The number of hydrogen-bond donors (Lipinski definition) is 0. The molecule has 6 heteroatoms. The third-order valence-electron chi connectivity index (χ3n) is 3.43. The van der Waals surface area contributed by atoms with Crippen LogP contribution < -0.4 is 14.2 Å². The summed E-state index contributed by atoms with van der Waals surface area (Å²) < 4.78 is 22.1. The molecule has 0 fully saturated rings. The largest absolute Gasteiger partial charge is 0.493 e. The van der Waals surface area contributed by atoms with Gasteiger partial charge >= 0.3 is 0 Å². The van der Waals surface area contributed by atoms with Gasteiger partial charge in [-0.1, -0.05) is 47.5 Å². The van der Waals surface area contributed by atoms with Crippen molar-refractivity contribution in [3.63, 3.8) is 0 Å². The SMILES string of the molecule is CC=Cc1ccc(OCCOCCOc2c(Cl)cccc2Cl)c(OC)c1. The van der Waals surface area contributed by atoms with Crippen molar-refractivity contribution >= 4 is 29.3 Å². The second kappa shape index (κ2) is 11.0. The summed E-state index contributed by atoms with van der Waals surface area (Å²) in [7, 11) is 1.62. The van der Waals surface area contributed by atoms with E-state index in [1.54, 1.807) is 25.3 Å². The second-order valence-electron chi connectivity index (χ2n) is 5.27. The molecular formula is C20H22Cl2O4. The Morgan fingerprint density at radius 2 is 1.58 bits per heavy atom. The van der Waals surface area contributed by atoms with Crippen LogP contribution in [0.3, 0.4) is 0 Å². The molecule has 26 heavy (non-hydrogen) atoms. The van der Waals surface area contributed by atoms with E-state index in [0.29, 0.717) is 53.7 Å². The van der Waals surface area contributed by atoms with Gasteiger partial charge in [0.05, 0.1) is 30.4 Å². The maximum Gasteiger partial charge on any atom is 0.161 e. The van der Waals surface area contributed by atoms with E-state index in [9.17, 15) is 0 Å². The maximum absolute atomic E-state index is 6.03. The Kier molecular flexibility index (Phi) is 8.62. The number of para-hydroxylation sites is 1. The number of benzene rings is 2. The quantitative estimate of drug-likeness (QED) is 0.496. The number of rotatable bonds is 10. The van der Waals surface area contributed by atoms with Crippen molar-refractivity contribution in [1.29, 1.82) is 0 Å². The van der Waals surface area contributed by atoms with Crippen LogP contribution in [-0.4, -0.2) is 33.5 Å². The average molecular weight is 397 g/mol. The molecule has 0 unspecified atom stereocenters. The van der Waals surface area contributed by atoms with Crippen molar-refractivity contribution in [2.75, 3.05) is 33.5 Å². The lowest BCUT2D eigenvalue weighted by Gasteiger charge is -2.12. The fraction of sp³-hybridized carbons (Fsp3) is 0.300. The number of halogens is 2. The van der Waals surface area contributed by atoms with Gasteiger partial charge in [0.1, 0.15) is 13.2 Å². The topological polar surface area (TPSA) is 36.9 Å². The minimum Gasteiger partial charge on any atom is -0.493 e. The van der Waals surface area contributed by atoms with Gasteiger partial charge in [-0.25, -0.2) is 0 Å². The van der Waals surface area contributed by atoms with Crippen molar-refractivity contribution in [2.24, 2.45) is 0 Å². The fourth-order valence-electron chi connectivity index (χ4n) is 2.24. The highest BCUT2D eigenvalue weighted by molar-refractivity contribution is 6.37. The van der Waals surface area contributed by atoms with Crippen molar-refractivity contribution < 1.29 is 18.9 Å². The lowest BCUT2D eigenvalue weighted by molar-refractivity contribution is 0.0758. The molecule has 0 N–H and O–H groups in total. The van der Waals surface area contributed by atoms with E-state index in [0.717, 1.165) is 5.56 Å². The zero-order chi connectivity index (χ0) is 18.8. The molecule has 0 saturated heterocycles. The van der Waals surface area contributed by atoms with Crippen LogP contribution in [0.4, 0.5) is 0 Å². The summed E-state index contributed by atoms with van der Waals surface area (Å²) in [4.78, 5) is 0. The van der Waals surface area contributed by atoms with E-state index < -0.39 is 0 Å². The number of methoxy groups -OCH3 is 1. The van der Waals surface area contributed by atoms with Crippen LogP contribution in [-0.2, 0) is 4.74 Å². The Labute approximate surface area is 164 Å². The van der Waals surface area contributed by atoms with Gasteiger partial charge in [-0.15, -0.1) is 0 Å². The molecule has 0 amide bonds. The highest BCUT2D eigenvalue weighted by Gasteiger charge is 2.07. The predicted molar refractivity (Wildman–Crippen MR) is 106 cm³/mol. The van der Waals surface area contributed by atoms with Crippen molar-refractivity contribution in [3.8, 4) is 17.2 Å². The Balaban J connectivity index is 1.69. The zero-order valence-electron chi connectivity index (χ0n) is 14.8. The zero-order valence-corrected chi connectivity index (χ0v) is 16.3. The molecule has 0 radical (unpaired) electrons.